The van der Waals surface area contributed by atoms with Gasteiger partial charge in [0.25, 0.3) is 5.91 Å². The first kappa shape index (κ1) is 18.4. The van der Waals surface area contributed by atoms with Crippen LogP contribution in [-0.4, -0.2) is 32.0 Å². The van der Waals surface area contributed by atoms with Gasteiger partial charge in [-0.15, -0.1) is 0 Å². The highest BCUT2D eigenvalue weighted by atomic mass is 16.5. The normalized spacial score (nSPS) is 10.2. The highest BCUT2D eigenvalue weighted by Gasteiger charge is 2.19. The van der Waals surface area contributed by atoms with Crippen LogP contribution in [0.15, 0.2) is 42.5 Å². The Balaban J connectivity index is 2.40. The Bertz CT molecular complexity index is 820. The number of hydrogen-bond donors (Lipinski definition) is 0. The van der Waals surface area contributed by atoms with Gasteiger partial charge in [0.2, 0.25) is 0 Å². The number of ether oxygens (including phenoxy) is 1. The molecule has 0 heterocycles. The van der Waals surface area contributed by atoms with Gasteiger partial charge in [0.1, 0.15) is 0 Å². The molecule has 0 saturated carbocycles. The van der Waals surface area contributed by atoms with Crippen molar-refractivity contribution >= 4 is 17.4 Å². The van der Waals surface area contributed by atoms with E-state index in [4.69, 9.17) is 10.00 Å². The standard InChI is InChI=1S/C20H20N2O3/c1-14-4-7-17(12-19(14)15(2)23)20(24)22(10-11-25-3)18-8-5-16(13-21)6-9-18/h4-9,12H,10-11H2,1-3H3. The number of carbonyl (C=O) groups excluding carboxylic acids is 2. The third-order valence-electron chi connectivity index (χ3n) is 3.94. The maximum absolute atomic E-state index is 13.0. The highest BCUT2D eigenvalue weighted by molar-refractivity contribution is 6.08. The van der Waals surface area contributed by atoms with Gasteiger partial charge >= 0.3 is 0 Å². The van der Waals surface area contributed by atoms with E-state index in [2.05, 4.69) is 6.07 Å². The van der Waals surface area contributed by atoms with Gasteiger partial charge in [0.05, 0.1) is 18.2 Å². The van der Waals surface area contributed by atoms with Crippen molar-refractivity contribution in [2.45, 2.75) is 13.8 Å². The first-order valence-corrected chi connectivity index (χ1v) is 7.90. The lowest BCUT2D eigenvalue weighted by molar-refractivity contribution is 0.0976. The highest BCUT2D eigenvalue weighted by Crippen LogP contribution is 2.20. The second-order valence-electron chi connectivity index (χ2n) is 5.69. The van der Waals surface area contributed by atoms with E-state index in [1.54, 1.807) is 54.5 Å². The largest absolute Gasteiger partial charge is 0.383 e. The summed E-state index contributed by atoms with van der Waals surface area (Å²) in [6.45, 7) is 4.07. The number of anilines is 1. The zero-order valence-electron chi connectivity index (χ0n) is 14.6. The average molecular weight is 336 g/mol. The van der Waals surface area contributed by atoms with E-state index in [9.17, 15) is 9.59 Å². The van der Waals surface area contributed by atoms with Crippen molar-refractivity contribution in [2.24, 2.45) is 0 Å². The van der Waals surface area contributed by atoms with Crippen LogP contribution in [0.25, 0.3) is 0 Å². The minimum atomic E-state index is -0.218. The van der Waals surface area contributed by atoms with Crippen LogP contribution >= 0.6 is 0 Å². The van der Waals surface area contributed by atoms with Gasteiger partial charge in [-0.25, -0.2) is 0 Å². The van der Waals surface area contributed by atoms with Crippen LogP contribution in [0, 0.1) is 18.3 Å². The minimum absolute atomic E-state index is 0.0750. The Labute approximate surface area is 147 Å². The molecule has 0 N–H and O–H groups in total. The Morgan fingerprint density at radius 1 is 1.16 bits per heavy atom. The van der Waals surface area contributed by atoms with E-state index in [-0.39, 0.29) is 11.7 Å². The minimum Gasteiger partial charge on any atom is -0.383 e. The number of carbonyl (C=O) groups is 2. The van der Waals surface area contributed by atoms with Crippen molar-refractivity contribution in [1.29, 1.82) is 5.26 Å². The lowest BCUT2D eigenvalue weighted by Gasteiger charge is -2.23. The van der Waals surface area contributed by atoms with Crippen molar-refractivity contribution in [3.63, 3.8) is 0 Å². The smallest absolute Gasteiger partial charge is 0.258 e. The molecule has 5 nitrogen and oxygen atoms in total. The Hall–Kier alpha value is -2.97. The van der Waals surface area contributed by atoms with Crippen LogP contribution in [0.3, 0.4) is 0 Å². The maximum Gasteiger partial charge on any atom is 0.258 e. The first-order chi connectivity index (χ1) is 12.0. The summed E-state index contributed by atoms with van der Waals surface area (Å²) in [6, 6.07) is 14.0. The van der Waals surface area contributed by atoms with E-state index in [1.807, 2.05) is 6.92 Å². The molecule has 0 atom stereocenters. The van der Waals surface area contributed by atoms with Crippen LogP contribution in [0.4, 0.5) is 5.69 Å². The van der Waals surface area contributed by atoms with Crippen LogP contribution < -0.4 is 4.90 Å². The number of amides is 1. The Morgan fingerprint density at radius 2 is 1.84 bits per heavy atom. The molecule has 0 unspecified atom stereocenters. The van der Waals surface area contributed by atoms with Crippen LogP contribution in [0.1, 0.15) is 38.8 Å². The van der Waals surface area contributed by atoms with Gasteiger partial charge in [0.15, 0.2) is 5.78 Å². The molecule has 1 amide bonds. The quantitative estimate of drug-likeness (QED) is 0.758. The number of rotatable bonds is 6. The van der Waals surface area contributed by atoms with Crippen LogP contribution in [0.5, 0.6) is 0 Å². The molecule has 0 radical (unpaired) electrons. The third-order valence-corrected chi connectivity index (χ3v) is 3.94. The maximum atomic E-state index is 13.0. The fraction of sp³-hybridized carbons (Fsp3) is 0.250. The van der Waals surface area contributed by atoms with E-state index < -0.39 is 0 Å². The topological polar surface area (TPSA) is 70.4 Å². The summed E-state index contributed by atoms with van der Waals surface area (Å²) >= 11 is 0. The molecular weight excluding hydrogens is 316 g/mol. The van der Waals surface area contributed by atoms with E-state index >= 15 is 0 Å². The number of benzene rings is 2. The molecule has 5 heteroatoms. The summed E-state index contributed by atoms with van der Waals surface area (Å²) in [6.07, 6.45) is 0. The predicted molar refractivity (Wildman–Crippen MR) is 95.9 cm³/mol. The lowest BCUT2D eigenvalue weighted by atomic mass is 10.0. The van der Waals surface area contributed by atoms with E-state index in [0.29, 0.717) is 35.5 Å². The van der Waals surface area contributed by atoms with Gasteiger partial charge in [-0.2, -0.15) is 5.26 Å². The number of aryl methyl sites for hydroxylation is 1. The van der Waals surface area contributed by atoms with Gasteiger partial charge in [-0.1, -0.05) is 6.07 Å². The van der Waals surface area contributed by atoms with Crippen LogP contribution in [-0.2, 0) is 4.74 Å². The van der Waals surface area contributed by atoms with Gasteiger partial charge in [-0.3, -0.25) is 9.59 Å². The van der Waals surface area contributed by atoms with Gasteiger partial charge < -0.3 is 9.64 Å². The molecule has 0 aliphatic rings. The van der Waals surface area contributed by atoms with E-state index in [1.165, 1.54) is 6.92 Å². The van der Waals surface area contributed by atoms with Crippen molar-refractivity contribution in [1.82, 2.24) is 0 Å². The summed E-state index contributed by atoms with van der Waals surface area (Å²) in [5, 5.41) is 8.92. The molecule has 0 aliphatic heterocycles. The Morgan fingerprint density at radius 3 is 2.40 bits per heavy atom. The molecule has 0 aliphatic carbocycles. The van der Waals surface area contributed by atoms with Crippen molar-refractivity contribution in [3.05, 3.63) is 64.7 Å². The fourth-order valence-corrected chi connectivity index (χ4v) is 2.54. The molecule has 2 rings (SSSR count). The van der Waals surface area contributed by atoms with Crippen molar-refractivity contribution in [3.8, 4) is 6.07 Å². The zero-order chi connectivity index (χ0) is 18.4. The van der Waals surface area contributed by atoms with Crippen LogP contribution in [0.2, 0.25) is 0 Å². The molecule has 25 heavy (non-hydrogen) atoms. The number of nitrogens with zero attached hydrogens (tertiary/aromatic N) is 2. The molecule has 0 aromatic heterocycles. The van der Waals surface area contributed by atoms with Crippen molar-refractivity contribution in [2.75, 3.05) is 25.2 Å². The lowest BCUT2D eigenvalue weighted by Crippen LogP contribution is -2.34. The first-order valence-electron chi connectivity index (χ1n) is 7.90. The van der Waals surface area contributed by atoms with Gasteiger partial charge in [-0.05, 0) is 55.8 Å². The number of Topliss-reactive ketones (excluding diaryl/α,β-unsaturated/α-hetero) is 1. The summed E-state index contributed by atoms with van der Waals surface area (Å²) < 4.78 is 5.11. The predicted octanol–water partition coefficient (Wildman–Crippen LogP) is 3.36. The number of hydrogen-bond acceptors (Lipinski definition) is 4. The number of ketones is 1. The van der Waals surface area contributed by atoms with E-state index in [0.717, 1.165) is 5.56 Å². The number of methoxy groups -OCH3 is 1. The summed E-state index contributed by atoms with van der Waals surface area (Å²) in [4.78, 5) is 26.3. The molecule has 0 fully saturated rings. The molecule has 128 valence electrons. The summed E-state index contributed by atoms with van der Waals surface area (Å²) in [7, 11) is 1.57. The average Bonchev–Trinajstić information content (AvgIpc) is 2.62. The summed E-state index contributed by atoms with van der Waals surface area (Å²) in [5.74, 6) is -0.293. The molecule has 0 bridgehead atoms. The third kappa shape index (κ3) is 4.31. The second-order valence-corrected chi connectivity index (χ2v) is 5.69. The number of nitriles is 1. The molecule has 2 aromatic rings. The van der Waals surface area contributed by atoms with Crippen molar-refractivity contribution < 1.29 is 14.3 Å². The molecule has 0 saturated heterocycles. The molecule has 0 spiro atoms. The second kappa shape index (κ2) is 8.22. The SMILES string of the molecule is COCCN(C(=O)c1ccc(C)c(C(C)=O)c1)c1ccc(C#N)cc1. The van der Waals surface area contributed by atoms with Gasteiger partial charge in [0, 0.05) is 30.5 Å². The zero-order valence-corrected chi connectivity index (χ0v) is 14.6. The Kier molecular flexibility index (Phi) is 6.04. The summed E-state index contributed by atoms with van der Waals surface area (Å²) in [5.41, 5.74) is 3.02. The monoisotopic (exact) mass is 336 g/mol. The molecular formula is C20H20N2O3. The molecule has 2 aromatic carbocycles. The fourth-order valence-electron chi connectivity index (χ4n) is 2.54.